The van der Waals surface area contributed by atoms with Crippen LogP contribution >= 0.6 is 0 Å². The van der Waals surface area contributed by atoms with Gasteiger partial charge >= 0.3 is 12.2 Å². The summed E-state index contributed by atoms with van der Waals surface area (Å²) in [5, 5.41) is 2.60. The van der Waals surface area contributed by atoms with Crippen LogP contribution in [0.25, 0.3) is 0 Å². The zero-order valence-corrected chi connectivity index (χ0v) is 21.4. The number of hydrogen-bond acceptors (Lipinski definition) is 4. The molecule has 1 aromatic heterocycles. The van der Waals surface area contributed by atoms with E-state index in [9.17, 15) is 27.2 Å². The van der Waals surface area contributed by atoms with E-state index in [0.717, 1.165) is 76.1 Å². The Morgan fingerprint density at radius 1 is 1.18 bits per heavy atom. The Morgan fingerprint density at radius 3 is 2.61 bits per heavy atom. The van der Waals surface area contributed by atoms with Crippen LogP contribution in [0.4, 0.5) is 28.0 Å². The fourth-order valence-corrected chi connectivity index (χ4v) is 6.27. The van der Waals surface area contributed by atoms with E-state index < -0.39 is 23.6 Å². The first-order valence-corrected chi connectivity index (χ1v) is 13.1. The molecule has 1 saturated heterocycles. The second-order valence-electron chi connectivity index (χ2n) is 10.8. The number of pyridine rings is 1. The van der Waals surface area contributed by atoms with Crippen molar-refractivity contribution in [2.24, 2.45) is 5.92 Å². The molecule has 3 fully saturated rings. The lowest BCUT2D eigenvalue weighted by Crippen LogP contribution is -2.47. The second kappa shape index (κ2) is 10.3. The number of anilines is 1. The van der Waals surface area contributed by atoms with Crippen molar-refractivity contribution in [3.05, 3.63) is 63.8 Å². The van der Waals surface area contributed by atoms with E-state index in [4.69, 9.17) is 0 Å². The van der Waals surface area contributed by atoms with Gasteiger partial charge in [-0.1, -0.05) is 6.07 Å². The van der Waals surface area contributed by atoms with Crippen molar-refractivity contribution in [3.8, 4) is 0 Å². The van der Waals surface area contributed by atoms with E-state index in [1.165, 1.54) is 6.07 Å². The fourth-order valence-electron chi connectivity index (χ4n) is 6.27. The first-order chi connectivity index (χ1) is 18.1. The molecular formula is C27H33F4N5O2. The molecule has 3 aliphatic rings. The Labute approximate surface area is 218 Å². The Bertz CT molecular complexity index is 1210. The monoisotopic (exact) mass is 535 g/mol. The molecule has 1 aromatic carbocycles. The maximum Gasteiger partial charge on any atom is 0.419 e. The number of benzene rings is 1. The highest BCUT2D eigenvalue weighted by Crippen LogP contribution is 2.65. The van der Waals surface area contributed by atoms with E-state index in [-0.39, 0.29) is 28.6 Å². The molecule has 2 amide bonds. The Morgan fingerprint density at radius 2 is 1.95 bits per heavy atom. The van der Waals surface area contributed by atoms with E-state index in [2.05, 4.69) is 27.1 Å². The molecule has 1 aliphatic heterocycles. The second-order valence-corrected chi connectivity index (χ2v) is 10.8. The standard InChI is InChI=1S/C27H33F4N5O2/c1-34-11-13-35(14-12-34)9-2-10-36(25(38)33-19-4-5-22(28)20(15-19)27(29,30)31)23-7-8-26(16-21(23)26)18-3-6-24(37)32-17-18/h3-6,15,17,21,23H,2,7-14,16H2,1H3,(H,32,37)(H,33,38)/t21-,23-,26-/m1/s1. The van der Waals surface area contributed by atoms with Crippen molar-refractivity contribution in [3.63, 3.8) is 0 Å². The van der Waals surface area contributed by atoms with Gasteiger partial charge in [0.1, 0.15) is 5.82 Å². The van der Waals surface area contributed by atoms with Gasteiger partial charge in [-0.2, -0.15) is 13.2 Å². The third-order valence-corrected chi connectivity index (χ3v) is 8.50. The lowest BCUT2D eigenvalue weighted by molar-refractivity contribution is -0.139. The Kier molecular flexibility index (Phi) is 7.25. The highest BCUT2D eigenvalue weighted by Gasteiger charge is 2.64. The Hall–Kier alpha value is -2.92. The molecule has 0 unspecified atom stereocenters. The molecule has 0 bridgehead atoms. The summed E-state index contributed by atoms with van der Waals surface area (Å²) in [5.74, 6) is -1.17. The maximum atomic E-state index is 13.8. The number of piperazine rings is 1. The predicted molar refractivity (Wildman–Crippen MR) is 136 cm³/mol. The highest BCUT2D eigenvalue weighted by molar-refractivity contribution is 5.89. The fraction of sp³-hybridized carbons (Fsp3) is 0.556. The van der Waals surface area contributed by atoms with Crippen molar-refractivity contribution in [1.82, 2.24) is 19.7 Å². The topological polar surface area (TPSA) is 71.7 Å². The number of rotatable bonds is 7. The minimum absolute atomic E-state index is 0.0723. The summed E-state index contributed by atoms with van der Waals surface area (Å²) in [6.45, 7) is 5.19. The smallest absolute Gasteiger partial charge is 0.329 e. The van der Waals surface area contributed by atoms with Gasteiger partial charge in [0.05, 0.1) is 5.56 Å². The quantitative estimate of drug-likeness (QED) is 0.524. The van der Waals surface area contributed by atoms with Gasteiger partial charge in [-0.25, -0.2) is 9.18 Å². The summed E-state index contributed by atoms with van der Waals surface area (Å²) >= 11 is 0. The summed E-state index contributed by atoms with van der Waals surface area (Å²) in [6, 6.07) is 5.34. The normalized spacial score (nSPS) is 25.7. The lowest BCUT2D eigenvalue weighted by atomic mass is 9.95. The van der Waals surface area contributed by atoms with Gasteiger partial charge in [0.25, 0.3) is 0 Å². The number of nitrogens with zero attached hydrogens (tertiary/aromatic N) is 3. The van der Waals surface area contributed by atoms with Crippen molar-refractivity contribution >= 4 is 11.7 Å². The number of urea groups is 1. The van der Waals surface area contributed by atoms with Gasteiger partial charge in [0.15, 0.2) is 0 Å². The van der Waals surface area contributed by atoms with Crippen LogP contribution in [0.1, 0.15) is 36.8 Å². The molecule has 2 heterocycles. The molecular weight excluding hydrogens is 502 g/mol. The van der Waals surface area contributed by atoms with Crippen molar-refractivity contribution in [2.45, 2.75) is 43.3 Å². The predicted octanol–water partition coefficient (Wildman–Crippen LogP) is 4.12. The average Bonchev–Trinajstić information content (AvgIpc) is 3.50. The SMILES string of the molecule is CN1CCN(CCCN(C(=O)Nc2ccc(F)c(C(F)(F)F)c2)[C@@H]2CC[C@]3(c4ccc(=O)[nH]c4)C[C@H]23)CC1. The van der Waals surface area contributed by atoms with E-state index in [1.807, 2.05) is 6.07 Å². The zero-order valence-electron chi connectivity index (χ0n) is 21.4. The van der Waals surface area contributed by atoms with Crippen LogP contribution in [0.15, 0.2) is 41.3 Å². The molecule has 2 N–H and O–H groups in total. The number of aromatic amines is 1. The largest absolute Gasteiger partial charge is 0.419 e. The number of amides is 2. The van der Waals surface area contributed by atoms with Gasteiger partial charge in [-0.3, -0.25) is 4.79 Å². The number of halogens is 4. The lowest BCUT2D eigenvalue weighted by Gasteiger charge is -2.34. The molecule has 38 heavy (non-hydrogen) atoms. The van der Waals surface area contributed by atoms with Gasteiger partial charge < -0.3 is 25.0 Å². The molecule has 7 nitrogen and oxygen atoms in total. The summed E-state index contributed by atoms with van der Waals surface area (Å²) in [6.07, 6.45) is 0.153. The Balaban J connectivity index is 1.31. The minimum Gasteiger partial charge on any atom is -0.329 e. The first kappa shape index (κ1) is 26.7. The zero-order chi connectivity index (χ0) is 27.1. The number of likely N-dealkylation sites (N-methyl/N-ethyl adjacent to an activating group) is 1. The number of fused-ring (bicyclic) bond motifs is 1. The average molecular weight is 536 g/mol. The maximum absolute atomic E-state index is 13.8. The molecule has 5 rings (SSSR count). The summed E-state index contributed by atoms with van der Waals surface area (Å²) in [5.41, 5.74) is -0.704. The number of hydrogen-bond donors (Lipinski definition) is 2. The van der Waals surface area contributed by atoms with E-state index in [0.29, 0.717) is 12.6 Å². The number of H-pyrrole nitrogens is 1. The van der Waals surface area contributed by atoms with Crippen LogP contribution < -0.4 is 10.9 Å². The van der Waals surface area contributed by atoms with Crippen molar-refractivity contribution in [1.29, 1.82) is 0 Å². The number of carbonyl (C=O) groups excluding carboxylic acids is 1. The number of alkyl halides is 3. The van der Waals surface area contributed by atoms with Crippen LogP contribution in [0.5, 0.6) is 0 Å². The number of carbonyl (C=O) groups is 1. The van der Waals surface area contributed by atoms with Crippen molar-refractivity contribution in [2.75, 3.05) is 51.6 Å². The molecule has 2 aliphatic carbocycles. The van der Waals surface area contributed by atoms with Gasteiger partial charge in [-0.15, -0.1) is 0 Å². The summed E-state index contributed by atoms with van der Waals surface area (Å²) in [7, 11) is 2.09. The van der Waals surface area contributed by atoms with Crippen LogP contribution in [-0.2, 0) is 11.6 Å². The van der Waals surface area contributed by atoms with Crippen LogP contribution in [0.2, 0.25) is 0 Å². The molecule has 2 saturated carbocycles. The first-order valence-electron chi connectivity index (χ1n) is 13.1. The molecule has 0 spiro atoms. The molecule has 0 radical (unpaired) electrons. The third-order valence-electron chi connectivity index (χ3n) is 8.50. The molecule has 206 valence electrons. The van der Waals surface area contributed by atoms with Crippen LogP contribution in [0, 0.1) is 11.7 Å². The van der Waals surface area contributed by atoms with Crippen LogP contribution in [-0.4, -0.2) is 78.1 Å². The van der Waals surface area contributed by atoms with Crippen molar-refractivity contribution < 1.29 is 22.4 Å². The van der Waals surface area contributed by atoms with E-state index in [1.54, 1.807) is 11.1 Å². The number of nitrogens with one attached hydrogen (secondary N) is 2. The third kappa shape index (κ3) is 5.44. The highest BCUT2D eigenvalue weighted by atomic mass is 19.4. The number of aromatic nitrogens is 1. The minimum atomic E-state index is -4.86. The summed E-state index contributed by atoms with van der Waals surface area (Å²) < 4.78 is 53.5. The van der Waals surface area contributed by atoms with E-state index >= 15 is 0 Å². The molecule has 11 heteroatoms. The van der Waals surface area contributed by atoms with Gasteiger partial charge in [0, 0.05) is 62.1 Å². The van der Waals surface area contributed by atoms with Crippen LogP contribution in [0.3, 0.4) is 0 Å². The molecule has 2 aromatic rings. The molecule has 3 atom stereocenters. The van der Waals surface area contributed by atoms with Gasteiger partial charge in [-0.05, 0) is 69.0 Å². The summed E-state index contributed by atoms with van der Waals surface area (Å²) in [4.78, 5) is 34.2. The van der Waals surface area contributed by atoms with Gasteiger partial charge in [0.2, 0.25) is 5.56 Å².